The summed E-state index contributed by atoms with van der Waals surface area (Å²) in [5.74, 6) is 0.947. The number of imidazole rings is 1. The van der Waals surface area contributed by atoms with E-state index in [0.29, 0.717) is 0 Å². The molecule has 10 rings (SSSR count). The summed E-state index contributed by atoms with van der Waals surface area (Å²) in [4.78, 5) is 5.21. The van der Waals surface area contributed by atoms with Crippen LogP contribution in [0.2, 0.25) is 0 Å². The first-order valence-electron chi connectivity index (χ1n) is 20.7. The Kier molecular flexibility index (Phi) is 8.30. The molecule has 0 fully saturated rings. The Morgan fingerprint density at radius 2 is 0.931 bits per heavy atom. The number of benzene rings is 8. The van der Waals surface area contributed by atoms with E-state index in [1.807, 2.05) is 0 Å². The van der Waals surface area contributed by atoms with Crippen LogP contribution in [0.3, 0.4) is 0 Å². The summed E-state index contributed by atoms with van der Waals surface area (Å²) >= 11 is 0. The molecule has 58 heavy (non-hydrogen) atoms. The lowest BCUT2D eigenvalue weighted by atomic mass is 9.59. The van der Waals surface area contributed by atoms with E-state index in [1.165, 1.54) is 110 Å². The fourth-order valence-electron chi connectivity index (χ4n) is 10.4. The van der Waals surface area contributed by atoms with Gasteiger partial charge in [0.15, 0.2) is 0 Å². The van der Waals surface area contributed by atoms with E-state index >= 15 is 0 Å². The molecule has 0 saturated carbocycles. The first-order chi connectivity index (χ1) is 27.9. The van der Waals surface area contributed by atoms with Gasteiger partial charge in [0.1, 0.15) is 68.6 Å². The molecule has 0 N–H and O–H groups in total. The molecule has 9 aromatic rings. The molecule has 10 heteroatoms. The highest BCUT2D eigenvalue weighted by Gasteiger charge is 2.36. The molecule has 8 aromatic carbocycles. The molecule has 0 aliphatic heterocycles. The maximum atomic E-state index is 5.21. The van der Waals surface area contributed by atoms with Gasteiger partial charge < -0.3 is 0 Å². The Bertz CT molecular complexity index is 3160. The van der Waals surface area contributed by atoms with E-state index in [2.05, 4.69) is 203 Å². The molecule has 0 unspecified atom stereocenters. The Morgan fingerprint density at radius 1 is 0.431 bits per heavy atom. The summed E-state index contributed by atoms with van der Waals surface area (Å²) < 4.78 is 2.35. The second-order valence-corrected chi connectivity index (χ2v) is 17.4. The van der Waals surface area contributed by atoms with Crippen molar-refractivity contribution >= 4 is 139 Å². The Balaban J connectivity index is 1.35. The molecule has 0 atom stereocenters. The average molecular weight is 733 g/mol. The lowest BCUT2D eigenvalue weighted by molar-refractivity contribution is 0.660. The van der Waals surface area contributed by atoms with Gasteiger partial charge in [-0.05, 0) is 96.4 Å². The zero-order valence-corrected chi connectivity index (χ0v) is 35.4. The van der Waals surface area contributed by atoms with Crippen LogP contribution in [0.5, 0.6) is 0 Å². The van der Waals surface area contributed by atoms with E-state index < -0.39 is 0 Å². The van der Waals surface area contributed by atoms with Crippen molar-refractivity contribution in [1.82, 2.24) is 9.55 Å². The van der Waals surface area contributed by atoms with Gasteiger partial charge in [-0.15, -0.1) is 21.9 Å². The van der Waals surface area contributed by atoms with Crippen LogP contribution in [0, 0.1) is 0 Å². The van der Waals surface area contributed by atoms with Crippen LogP contribution in [-0.2, 0) is 5.41 Å². The molecule has 0 radical (unpaired) electrons. The summed E-state index contributed by atoms with van der Waals surface area (Å²) in [6.07, 6.45) is 0. The van der Waals surface area contributed by atoms with Crippen LogP contribution in [0.1, 0.15) is 25.0 Å². The van der Waals surface area contributed by atoms with Gasteiger partial charge in [0.2, 0.25) is 0 Å². The van der Waals surface area contributed by atoms with Gasteiger partial charge in [0, 0.05) is 16.7 Å². The molecule has 1 aliphatic carbocycles. The minimum atomic E-state index is -0.0983. The standard InChI is InChI=1S/C48H42B8N2/c1-48(2)29-16-7-6-15-27(29)28-20-19-25(22-30(28)48)34-37-35(39(49)43(53)45(55)41(37)51)33(36-38(34)42(52)46(56)44(54)40(36)50)24-13-10-14-26(21-24)58-32-18-9-8-17-31(32)57-47(58)23-11-4-3-5-12-23/h3-22H,49-56H2,1-2H3. The number of para-hydroxylation sites is 2. The maximum absolute atomic E-state index is 5.21. The fourth-order valence-corrected chi connectivity index (χ4v) is 10.4. The van der Waals surface area contributed by atoms with Crippen molar-refractivity contribution in [2.45, 2.75) is 19.3 Å². The van der Waals surface area contributed by atoms with Crippen LogP contribution < -0.4 is 43.7 Å². The van der Waals surface area contributed by atoms with Crippen molar-refractivity contribution in [3.63, 3.8) is 0 Å². The van der Waals surface area contributed by atoms with Crippen LogP contribution >= 0.6 is 0 Å². The quantitative estimate of drug-likeness (QED) is 0.163. The normalized spacial score (nSPS) is 13.0. The van der Waals surface area contributed by atoms with Gasteiger partial charge in [0.25, 0.3) is 0 Å². The summed E-state index contributed by atoms with van der Waals surface area (Å²) in [6.45, 7) is 4.79. The lowest BCUT2D eigenvalue weighted by Gasteiger charge is -2.29. The van der Waals surface area contributed by atoms with E-state index in [9.17, 15) is 0 Å². The molecule has 0 saturated heterocycles. The number of hydrogen-bond donors (Lipinski definition) is 0. The van der Waals surface area contributed by atoms with Crippen molar-refractivity contribution in [3.05, 3.63) is 132 Å². The molecular weight excluding hydrogens is 691 g/mol. The largest absolute Gasteiger partial charge is 0.292 e. The molecule has 0 bridgehead atoms. The predicted octanol–water partition coefficient (Wildman–Crippen LogP) is -1.29. The van der Waals surface area contributed by atoms with Crippen molar-refractivity contribution in [1.29, 1.82) is 0 Å². The van der Waals surface area contributed by atoms with Crippen molar-refractivity contribution < 1.29 is 0 Å². The molecule has 268 valence electrons. The molecule has 1 heterocycles. The molecule has 0 spiro atoms. The smallest absolute Gasteiger partial charge is 0.145 e. The van der Waals surface area contributed by atoms with Crippen LogP contribution in [0.15, 0.2) is 121 Å². The Hall–Kier alpha value is -5.73. The highest BCUT2D eigenvalue weighted by atomic mass is 15.1. The number of aromatic nitrogens is 2. The van der Waals surface area contributed by atoms with E-state index in [-0.39, 0.29) is 5.41 Å². The SMILES string of the molecule is Bc1c(B)c(B)c2c(-c3ccc4c(c3)C(C)(C)c3ccccc3-4)c3c(B)c(B)c(B)c(B)c3c(-c3cccc(-n4c(-c5ccccc5)nc5ccccc54)c3)c2c1B. The zero-order chi connectivity index (χ0) is 40.4. The number of nitrogens with zero attached hydrogens (tertiary/aromatic N) is 2. The van der Waals surface area contributed by atoms with Crippen LogP contribution in [0.25, 0.3) is 83.0 Å². The first kappa shape index (κ1) is 36.6. The molecule has 0 amide bonds. The second kappa shape index (κ2) is 13.1. The second-order valence-electron chi connectivity index (χ2n) is 17.4. The molecule has 1 aliphatic rings. The minimum Gasteiger partial charge on any atom is -0.292 e. The van der Waals surface area contributed by atoms with E-state index in [4.69, 9.17) is 4.98 Å². The number of fused-ring (bicyclic) bond motifs is 6. The zero-order valence-electron chi connectivity index (χ0n) is 35.4. The van der Waals surface area contributed by atoms with Gasteiger partial charge in [-0.25, -0.2) is 4.98 Å². The summed E-state index contributed by atoms with van der Waals surface area (Å²) in [6, 6.07) is 44.7. The van der Waals surface area contributed by atoms with Crippen LogP contribution in [-0.4, -0.2) is 72.3 Å². The van der Waals surface area contributed by atoms with Gasteiger partial charge >= 0.3 is 0 Å². The van der Waals surface area contributed by atoms with Crippen molar-refractivity contribution in [2.75, 3.05) is 0 Å². The number of hydrogen-bond acceptors (Lipinski definition) is 1. The fraction of sp³-hybridized carbons (Fsp3) is 0.0625. The Labute approximate surface area is 349 Å². The third-order valence-electron chi connectivity index (χ3n) is 14.2. The summed E-state index contributed by atoms with van der Waals surface area (Å²) in [7, 11) is 18.7. The Morgan fingerprint density at radius 3 is 1.55 bits per heavy atom. The summed E-state index contributed by atoms with van der Waals surface area (Å²) in [5.41, 5.74) is 25.8. The predicted molar refractivity (Wildman–Crippen MR) is 275 cm³/mol. The molecule has 1 aromatic heterocycles. The van der Waals surface area contributed by atoms with Gasteiger partial charge in [-0.1, -0.05) is 127 Å². The third-order valence-corrected chi connectivity index (χ3v) is 14.2. The van der Waals surface area contributed by atoms with Gasteiger partial charge in [-0.2, -0.15) is 0 Å². The van der Waals surface area contributed by atoms with Crippen LogP contribution in [0.4, 0.5) is 0 Å². The van der Waals surface area contributed by atoms with Gasteiger partial charge in [-0.3, -0.25) is 4.57 Å². The number of rotatable bonds is 4. The van der Waals surface area contributed by atoms with Crippen molar-refractivity contribution in [3.8, 4) is 50.5 Å². The summed E-state index contributed by atoms with van der Waals surface area (Å²) in [5, 5.41) is 5.44. The molecule has 2 nitrogen and oxygen atoms in total. The van der Waals surface area contributed by atoms with E-state index in [0.717, 1.165) is 28.1 Å². The molecular formula is C48H42B8N2. The van der Waals surface area contributed by atoms with Crippen molar-refractivity contribution in [2.24, 2.45) is 0 Å². The lowest BCUT2D eigenvalue weighted by Crippen LogP contribution is -2.50. The maximum Gasteiger partial charge on any atom is 0.145 e. The third kappa shape index (κ3) is 5.06. The average Bonchev–Trinajstić information content (AvgIpc) is 3.75. The van der Waals surface area contributed by atoms with Gasteiger partial charge in [0.05, 0.1) is 11.0 Å². The highest BCUT2D eigenvalue weighted by molar-refractivity contribution is 6.71. The first-order valence-corrected chi connectivity index (χ1v) is 20.7. The monoisotopic (exact) mass is 734 g/mol. The highest BCUT2D eigenvalue weighted by Crippen LogP contribution is 2.50. The van der Waals surface area contributed by atoms with E-state index in [1.54, 1.807) is 0 Å². The topological polar surface area (TPSA) is 17.8 Å². The minimum absolute atomic E-state index is 0.0983.